The zero-order valence-corrected chi connectivity index (χ0v) is 16.3. The first-order valence-electron chi connectivity index (χ1n) is 8.32. The standard InChI is InChI=1S/C19H14Cl2N2O6/c20-11-2-3-12(13(21)6-11)19(27)22-7-18(26)29-8-15(24)10-1-4-16-14(5-10)23-17(25)9-28-16/h1-6H,7-9H2,(H,22,27)(H,23,25). The zero-order valence-electron chi connectivity index (χ0n) is 14.8. The minimum absolute atomic E-state index is 0.0924. The predicted octanol–water partition coefficient (Wildman–Crippen LogP) is 2.48. The maximum Gasteiger partial charge on any atom is 0.325 e. The van der Waals surface area contributed by atoms with Crippen molar-refractivity contribution in [2.45, 2.75) is 0 Å². The number of carbonyl (C=O) groups excluding carboxylic acids is 4. The number of benzene rings is 2. The highest BCUT2D eigenvalue weighted by Crippen LogP contribution is 2.28. The van der Waals surface area contributed by atoms with Gasteiger partial charge in [0, 0.05) is 10.6 Å². The fourth-order valence-electron chi connectivity index (χ4n) is 2.46. The molecule has 0 saturated carbocycles. The van der Waals surface area contributed by atoms with E-state index in [1.807, 2.05) is 0 Å². The summed E-state index contributed by atoms with van der Waals surface area (Å²) in [5.41, 5.74) is 0.753. The minimum atomic E-state index is -0.800. The van der Waals surface area contributed by atoms with E-state index in [0.717, 1.165) is 0 Å². The second kappa shape index (κ2) is 8.93. The Morgan fingerprint density at radius 3 is 2.69 bits per heavy atom. The van der Waals surface area contributed by atoms with Gasteiger partial charge in [0.05, 0.1) is 16.3 Å². The largest absolute Gasteiger partial charge is 0.482 e. The van der Waals surface area contributed by atoms with E-state index in [0.29, 0.717) is 16.5 Å². The normalized spacial score (nSPS) is 12.3. The minimum Gasteiger partial charge on any atom is -0.482 e. The summed E-state index contributed by atoms with van der Waals surface area (Å²) < 4.78 is 10.1. The fraction of sp³-hybridized carbons (Fsp3) is 0.158. The number of amides is 2. The van der Waals surface area contributed by atoms with E-state index in [4.69, 9.17) is 32.7 Å². The molecule has 0 spiro atoms. The Morgan fingerprint density at radius 1 is 1.14 bits per heavy atom. The van der Waals surface area contributed by atoms with Crippen molar-refractivity contribution in [1.29, 1.82) is 0 Å². The van der Waals surface area contributed by atoms with Crippen molar-refractivity contribution < 1.29 is 28.7 Å². The van der Waals surface area contributed by atoms with Crippen molar-refractivity contribution in [3.8, 4) is 5.75 Å². The first kappa shape index (κ1) is 20.6. The number of carbonyl (C=O) groups is 4. The fourth-order valence-corrected chi connectivity index (χ4v) is 2.95. The monoisotopic (exact) mass is 436 g/mol. The topological polar surface area (TPSA) is 111 Å². The highest BCUT2D eigenvalue weighted by Gasteiger charge is 2.19. The van der Waals surface area contributed by atoms with Gasteiger partial charge in [-0.2, -0.15) is 0 Å². The van der Waals surface area contributed by atoms with E-state index in [1.165, 1.54) is 30.3 Å². The summed E-state index contributed by atoms with van der Waals surface area (Å²) in [5, 5.41) is 5.45. The molecule has 3 rings (SSSR count). The predicted molar refractivity (Wildman–Crippen MR) is 105 cm³/mol. The number of halogens is 2. The Kier molecular flexibility index (Phi) is 6.36. The van der Waals surface area contributed by atoms with Gasteiger partial charge in [0.15, 0.2) is 19.0 Å². The number of esters is 1. The van der Waals surface area contributed by atoms with Crippen LogP contribution in [0.2, 0.25) is 10.0 Å². The average molecular weight is 437 g/mol. The van der Waals surface area contributed by atoms with Crippen LogP contribution in [0.3, 0.4) is 0 Å². The lowest BCUT2D eigenvalue weighted by molar-refractivity contribution is -0.141. The summed E-state index contributed by atoms with van der Waals surface area (Å²) in [6.07, 6.45) is 0. The summed E-state index contributed by atoms with van der Waals surface area (Å²) in [5.74, 6) is -1.74. The molecule has 0 atom stereocenters. The molecule has 2 aromatic carbocycles. The van der Waals surface area contributed by atoms with Crippen LogP contribution in [0.25, 0.3) is 0 Å². The lowest BCUT2D eigenvalue weighted by Gasteiger charge is -2.18. The van der Waals surface area contributed by atoms with E-state index >= 15 is 0 Å². The number of hydrogen-bond donors (Lipinski definition) is 2. The van der Waals surface area contributed by atoms with Crippen LogP contribution in [0.4, 0.5) is 5.69 Å². The van der Waals surface area contributed by atoms with Crippen LogP contribution < -0.4 is 15.4 Å². The Morgan fingerprint density at radius 2 is 1.93 bits per heavy atom. The Labute approximate surface area is 175 Å². The van der Waals surface area contributed by atoms with Crippen molar-refractivity contribution in [2.24, 2.45) is 0 Å². The molecule has 0 aliphatic carbocycles. The van der Waals surface area contributed by atoms with Crippen LogP contribution in [0.15, 0.2) is 36.4 Å². The molecule has 8 nitrogen and oxygen atoms in total. The number of ether oxygens (including phenoxy) is 2. The van der Waals surface area contributed by atoms with E-state index < -0.39 is 30.8 Å². The highest BCUT2D eigenvalue weighted by atomic mass is 35.5. The summed E-state index contributed by atoms with van der Waals surface area (Å²) >= 11 is 11.7. The van der Waals surface area contributed by atoms with E-state index in [2.05, 4.69) is 10.6 Å². The van der Waals surface area contributed by atoms with Gasteiger partial charge in [-0.15, -0.1) is 0 Å². The van der Waals surface area contributed by atoms with E-state index in [1.54, 1.807) is 6.07 Å². The number of ketones is 1. The Balaban J connectivity index is 1.50. The van der Waals surface area contributed by atoms with Crippen molar-refractivity contribution >= 4 is 52.5 Å². The molecule has 2 N–H and O–H groups in total. The van der Waals surface area contributed by atoms with Gasteiger partial charge in [0.2, 0.25) is 0 Å². The lowest BCUT2D eigenvalue weighted by atomic mass is 10.1. The highest BCUT2D eigenvalue weighted by molar-refractivity contribution is 6.36. The number of Topliss-reactive ketones (excluding diaryl/α,β-unsaturated/α-hetero) is 1. The third-order valence-corrected chi connectivity index (χ3v) is 4.42. The van der Waals surface area contributed by atoms with E-state index in [9.17, 15) is 19.2 Å². The Hall–Kier alpha value is -3.10. The van der Waals surface area contributed by atoms with Crippen LogP contribution in [-0.2, 0) is 14.3 Å². The number of rotatable bonds is 6. The van der Waals surface area contributed by atoms with Gasteiger partial charge in [-0.1, -0.05) is 23.2 Å². The molecule has 1 heterocycles. The summed E-state index contributed by atoms with van der Waals surface area (Å²) in [7, 11) is 0. The van der Waals surface area contributed by atoms with Gasteiger partial charge < -0.3 is 20.1 Å². The SMILES string of the molecule is O=C1COc2ccc(C(=O)COC(=O)CNC(=O)c3ccc(Cl)cc3Cl)cc2N1. The quantitative estimate of drug-likeness (QED) is 0.531. The van der Waals surface area contributed by atoms with Gasteiger partial charge in [0.1, 0.15) is 12.3 Å². The van der Waals surface area contributed by atoms with Crippen LogP contribution in [-0.4, -0.2) is 43.3 Å². The number of nitrogens with one attached hydrogen (secondary N) is 2. The third-order valence-electron chi connectivity index (χ3n) is 3.87. The molecule has 0 aromatic heterocycles. The molecular weight excluding hydrogens is 423 g/mol. The summed E-state index contributed by atoms with van der Waals surface area (Å²) in [6, 6.07) is 8.80. The number of anilines is 1. The summed E-state index contributed by atoms with van der Waals surface area (Å²) in [6.45, 7) is -1.06. The van der Waals surface area contributed by atoms with Crippen LogP contribution in [0, 0.1) is 0 Å². The van der Waals surface area contributed by atoms with E-state index in [-0.39, 0.29) is 28.7 Å². The van der Waals surface area contributed by atoms with Gasteiger partial charge >= 0.3 is 5.97 Å². The van der Waals surface area contributed by atoms with Gasteiger partial charge in [-0.05, 0) is 36.4 Å². The molecule has 10 heteroatoms. The molecule has 0 fully saturated rings. The van der Waals surface area contributed by atoms with Crippen molar-refractivity contribution in [3.63, 3.8) is 0 Å². The molecule has 2 amide bonds. The number of hydrogen-bond acceptors (Lipinski definition) is 6. The molecule has 0 radical (unpaired) electrons. The zero-order chi connectivity index (χ0) is 21.0. The smallest absolute Gasteiger partial charge is 0.325 e. The third kappa shape index (κ3) is 5.24. The van der Waals surface area contributed by atoms with Gasteiger partial charge in [0.25, 0.3) is 11.8 Å². The Bertz CT molecular complexity index is 1010. The molecule has 150 valence electrons. The average Bonchev–Trinajstić information content (AvgIpc) is 2.69. The first-order valence-corrected chi connectivity index (χ1v) is 9.08. The second-order valence-corrected chi connectivity index (χ2v) is 6.78. The molecular formula is C19H14Cl2N2O6. The van der Waals surface area contributed by atoms with Crippen molar-refractivity contribution in [2.75, 3.05) is 25.1 Å². The number of fused-ring (bicyclic) bond motifs is 1. The maximum absolute atomic E-state index is 12.2. The molecule has 29 heavy (non-hydrogen) atoms. The van der Waals surface area contributed by atoms with Crippen LogP contribution >= 0.6 is 23.2 Å². The molecule has 2 aromatic rings. The second-order valence-electron chi connectivity index (χ2n) is 5.94. The van der Waals surface area contributed by atoms with Gasteiger partial charge in [-0.25, -0.2) is 0 Å². The summed E-state index contributed by atoms with van der Waals surface area (Å²) in [4.78, 5) is 47.4. The van der Waals surface area contributed by atoms with Crippen molar-refractivity contribution in [3.05, 3.63) is 57.6 Å². The first-order chi connectivity index (χ1) is 13.8. The lowest BCUT2D eigenvalue weighted by Crippen LogP contribution is -2.31. The van der Waals surface area contributed by atoms with Crippen LogP contribution in [0.1, 0.15) is 20.7 Å². The van der Waals surface area contributed by atoms with Crippen LogP contribution in [0.5, 0.6) is 5.75 Å². The molecule has 0 unspecified atom stereocenters. The molecule has 0 saturated heterocycles. The maximum atomic E-state index is 12.2. The molecule has 0 bridgehead atoms. The van der Waals surface area contributed by atoms with Crippen molar-refractivity contribution in [1.82, 2.24) is 5.32 Å². The molecule has 1 aliphatic rings. The molecule has 1 aliphatic heterocycles. The van der Waals surface area contributed by atoms with Gasteiger partial charge in [-0.3, -0.25) is 19.2 Å².